The van der Waals surface area contributed by atoms with E-state index in [1.165, 1.54) is 19.3 Å². The molecule has 21 heavy (non-hydrogen) atoms. The number of aromatic nitrogens is 1. The van der Waals surface area contributed by atoms with E-state index in [9.17, 15) is 0 Å². The van der Waals surface area contributed by atoms with Gasteiger partial charge in [0, 0.05) is 18.4 Å². The van der Waals surface area contributed by atoms with Gasteiger partial charge in [0.2, 0.25) is 0 Å². The number of nitrogens with one attached hydrogen (secondary N) is 1. The van der Waals surface area contributed by atoms with Gasteiger partial charge in [0.05, 0.1) is 6.54 Å². The molecule has 3 N–H and O–H groups in total. The molecule has 1 aromatic heterocycles. The van der Waals surface area contributed by atoms with Crippen LogP contribution in [0.25, 0.3) is 11.1 Å². The summed E-state index contributed by atoms with van der Waals surface area (Å²) in [5.74, 6) is 0.548. The van der Waals surface area contributed by atoms with Crippen LogP contribution in [0, 0.1) is 0 Å². The first-order valence-corrected chi connectivity index (χ1v) is 7.37. The summed E-state index contributed by atoms with van der Waals surface area (Å²) in [6.07, 6.45) is 7.34. The van der Waals surface area contributed by atoms with E-state index in [0.717, 1.165) is 16.7 Å². The molecule has 0 saturated heterocycles. The van der Waals surface area contributed by atoms with Crippen molar-refractivity contribution in [3.8, 4) is 11.1 Å². The molecule has 0 aliphatic heterocycles. The summed E-state index contributed by atoms with van der Waals surface area (Å²) in [5.41, 5.74) is 9.33. The van der Waals surface area contributed by atoms with Crippen molar-refractivity contribution in [2.24, 2.45) is 10.7 Å². The maximum absolute atomic E-state index is 5.91. The second-order valence-corrected chi connectivity index (χ2v) is 5.42. The maximum Gasteiger partial charge on any atom is 0.189 e. The fourth-order valence-electron chi connectivity index (χ4n) is 2.37. The molecule has 0 radical (unpaired) electrons. The van der Waals surface area contributed by atoms with Gasteiger partial charge >= 0.3 is 0 Å². The van der Waals surface area contributed by atoms with Gasteiger partial charge in [0.1, 0.15) is 0 Å². The van der Waals surface area contributed by atoms with E-state index in [4.69, 9.17) is 5.73 Å². The Labute approximate surface area is 125 Å². The first-order valence-electron chi connectivity index (χ1n) is 7.37. The summed E-state index contributed by atoms with van der Waals surface area (Å²) in [5, 5.41) is 3.25. The Kier molecular flexibility index (Phi) is 4.15. The molecule has 1 saturated carbocycles. The summed E-state index contributed by atoms with van der Waals surface area (Å²) in [6, 6.07) is 12.9. The van der Waals surface area contributed by atoms with E-state index in [1.807, 2.05) is 18.3 Å². The Bertz CT molecular complexity index is 618. The quantitative estimate of drug-likeness (QED) is 0.668. The van der Waals surface area contributed by atoms with Gasteiger partial charge in [-0.2, -0.15) is 0 Å². The highest BCUT2D eigenvalue weighted by Crippen LogP contribution is 2.20. The minimum absolute atomic E-state index is 0.524. The SMILES string of the molecule is NC(=NCc1cccc(-c2cccnc2)c1)NC1CCC1. The summed E-state index contributed by atoms with van der Waals surface area (Å²) in [6.45, 7) is 0.597. The van der Waals surface area contributed by atoms with Crippen LogP contribution in [0.15, 0.2) is 53.8 Å². The van der Waals surface area contributed by atoms with Crippen molar-refractivity contribution in [2.75, 3.05) is 0 Å². The van der Waals surface area contributed by atoms with Crippen molar-refractivity contribution in [2.45, 2.75) is 31.8 Å². The lowest BCUT2D eigenvalue weighted by molar-refractivity contribution is 0.382. The van der Waals surface area contributed by atoms with Crippen molar-refractivity contribution >= 4 is 5.96 Å². The van der Waals surface area contributed by atoms with Crippen molar-refractivity contribution in [3.63, 3.8) is 0 Å². The smallest absolute Gasteiger partial charge is 0.189 e. The second kappa shape index (κ2) is 6.39. The zero-order valence-electron chi connectivity index (χ0n) is 12.0. The predicted octanol–water partition coefficient (Wildman–Crippen LogP) is 2.71. The molecule has 0 atom stereocenters. The summed E-state index contributed by atoms with van der Waals surface area (Å²) < 4.78 is 0. The summed E-state index contributed by atoms with van der Waals surface area (Å²) in [4.78, 5) is 8.57. The van der Waals surface area contributed by atoms with E-state index in [0.29, 0.717) is 18.5 Å². The standard InChI is InChI=1S/C17H20N4/c18-17(21-16-7-2-8-16)20-11-13-4-1-5-14(10-13)15-6-3-9-19-12-15/h1,3-6,9-10,12,16H,2,7-8,11H2,(H3,18,20,21). The number of hydrogen-bond acceptors (Lipinski definition) is 2. The van der Waals surface area contributed by atoms with E-state index < -0.39 is 0 Å². The van der Waals surface area contributed by atoms with Crippen molar-refractivity contribution in [1.82, 2.24) is 10.3 Å². The monoisotopic (exact) mass is 280 g/mol. The second-order valence-electron chi connectivity index (χ2n) is 5.42. The largest absolute Gasteiger partial charge is 0.370 e. The Morgan fingerprint density at radius 1 is 1.24 bits per heavy atom. The number of benzene rings is 1. The lowest BCUT2D eigenvalue weighted by Crippen LogP contribution is -2.43. The average Bonchev–Trinajstić information content (AvgIpc) is 2.50. The number of guanidine groups is 1. The molecule has 1 aliphatic carbocycles. The van der Waals surface area contributed by atoms with Gasteiger partial charge < -0.3 is 11.1 Å². The average molecular weight is 280 g/mol. The van der Waals surface area contributed by atoms with Gasteiger partial charge in [-0.25, -0.2) is 4.99 Å². The Hall–Kier alpha value is -2.36. The minimum atomic E-state index is 0.524. The minimum Gasteiger partial charge on any atom is -0.370 e. The lowest BCUT2D eigenvalue weighted by atomic mass is 9.93. The zero-order chi connectivity index (χ0) is 14.5. The van der Waals surface area contributed by atoms with Crippen LogP contribution in [-0.2, 0) is 6.54 Å². The molecule has 1 aromatic carbocycles. The maximum atomic E-state index is 5.91. The number of pyridine rings is 1. The fourth-order valence-corrected chi connectivity index (χ4v) is 2.37. The molecule has 108 valence electrons. The van der Waals surface area contributed by atoms with Crippen LogP contribution >= 0.6 is 0 Å². The molecule has 1 heterocycles. The third-order valence-corrected chi connectivity index (χ3v) is 3.81. The van der Waals surface area contributed by atoms with Crippen molar-refractivity contribution < 1.29 is 0 Å². The molecule has 2 aromatic rings. The zero-order valence-corrected chi connectivity index (χ0v) is 12.0. The number of aliphatic imine (C=N–C) groups is 1. The number of nitrogens with two attached hydrogens (primary N) is 1. The van der Waals surface area contributed by atoms with Crippen LogP contribution in [0.4, 0.5) is 0 Å². The highest BCUT2D eigenvalue weighted by molar-refractivity contribution is 5.78. The van der Waals surface area contributed by atoms with E-state index in [1.54, 1.807) is 6.20 Å². The van der Waals surface area contributed by atoms with Gasteiger partial charge in [0.25, 0.3) is 0 Å². The third-order valence-electron chi connectivity index (χ3n) is 3.81. The van der Waals surface area contributed by atoms with Gasteiger partial charge in [0.15, 0.2) is 5.96 Å². The molecular formula is C17H20N4. The molecule has 0 amide bonds. The highest BCUT2D eigenvalue weighted by Gasteiger charge is 2.17. The van der Waals surface area contributed by atoms with E-state index in [-0.39, 0.29) is 0 Å². The van der Waals surface area contributed by atoms with Crippen LogP contribution in [0.3, 0.4) is 0 Å². The Morgan fingerprint density at radius 3 is 2.81 bits per heavy atom. The predicted molar refractivity (Wildman–Crippen MR) is 85.8 cm³/mol. The summed E-state index contributed by atoms with van der Waals surface area (Å²) in [7, 11) is 0. The molecule has 4 nitrogen and oxygen atoms in total. The number of nitrogens with zero attached hydrogens (tertiary/aromatic N) is 2. The molecule has 1 fully saturated rings. The molecule has 0 bridgehead atoms. The summed E-state index contributed by atoms with van der Waals surface area (Å²) >= 11 is 0. The molecule has 3 rings (SSSR count). The Morgan fingerprint density at radius 2 is 2.10 bits per heavy atom. The Balaban J connectivity index is 1.67. The molecule has 4 heteroatoms. The number of rotatable bonds is 4. The van der Waals surface area contributed by atoms with Crippen LogP contribution < -0.4 is 11.1 Å². The van der Waals surface area contributed by atoms with Crippen LogP contribution in [0.2, 0.25) is 0 Å². The molecular weight excluding hydrogens is 260 g/mol. The first-order chi connectivity index (χ1) is 10.3. The van der Waals surface area contributed by atoms with Crippen LogP contribution in [-0.4, -0.2) is 17.0 Å². The number of hydrogen-bond donors (Lipinski definition) is 2. The topological polar surface area (TPSA) is 63.3 Å². The van der Waals surface area contributed by atoms with E-state index >= 15 is 0 Å². The molecule has 0 unspecified atom stereocenters. The third kappa shape index (κ3) is 3.60. The van der Waals surface area contributed by atoms with Crippen molar-refractivity contribution in [3.05, 3.63) is 54.4 Å². The lowest BCUT2D eigenvalue weighted by Gasteiger charge is -2.26. The van der Waals surface area contributed by atoms with Crippen LogP contribution in [0.5, 0.6) is 0 Å². The van der Waals surface area contributed by atoms with Gasteiger partial charge in [-0.05, 0) is 48.1 Å². The van der Waals surface area contributed by atoms with Crippen molar-refractivity contribution in [1.29, 1.82) is 0 Å². The highest BCUT2D eigenvalue weighted by atomic mass is 15.1. The van der Waals surface area contributed by atoms with Gasteiger partial charge in [-0.1, -0.05) is 24.3 Å². The normalized spacial score (nSPS) is 15.5. The fraction of sp³-hybridized carbons (Fsp3) is 0.294. The van der Waals surface area contributed by atoms with Crippen LogP contribution in [0.1, 0.15) is 24.8 Å². The first kappa shape index (κ1) is 13.6. The molecule has 0 spiro atoms. The van der Waals surface area contributed by atoms with Gasteiger partial charge in [-0.15, -0.1) is 0 Å². The molecule has 1 aliphatic rings. The van der Waals surface area contributed by atoms with Gasteiger partial charge in [-0.3, -0.25) is 4.98 Å². The van der Waals surface area contributed by atoms with E-state index in [2.05, 4.69) is 39.6 Å².